The van der Waals surface area contributed by atoms with Gasteiger partial charge in [-0.05, 0) is 77.9 Å². The minimum Gasteiger partial charge on any atom is -0.495 e. The van der Waals surface area contributed by atoms with Gasteiger partial charge in [0, 0.05) is 21.8 Å². The average molecular weight is 717 g/mol. The number of amides is 3. The summed E-state index contributed by atoms with van der Waals surface area (Å²) in [4.78, 5) is 40.8. The fraction of sp³-hybridized carbons (Fsp3) is 0.0541. The van der Waals surface area contributed by atoms with E-state index in [4.69, 9.17) is 39.5 Å². The number of anilines is 2. The molecule has 48 heavy (non-hydrogen) atoms. The summed E-state index contributed by atoms with van der Waals surface area (Å²) in [5.74, 6) is -0.779. The van der Waals surface area contributed by atoms with Crippen molar-refractivity contribution in [3.05, 3.63) is 159 Å². The molecule has 0 aliphatic carbocycles. The summed E-state index contributed by atoms with van der Waals surface area (Å²) in [6.45, 7) is 0. The Kier molecular flexibility index (Phi) is 11.8. The summed E-state index contributed by atoms with van der Waals surface area (Å²) in [7, 11) is 1.52. The third-order valence-electron chi connectivity index (χ3n) is 6.94. The summed E-state index contributed by atoms with van der Waals surface area (Å²) in [6, 6.07) is 35.0. The van der Waals surface area contributed by atoms with Crippen molar-refractivity contribution in [1.29, 1.82) is 0 Å². The number of hydrogen-bond acceptors (Lipinski definition) is 5. The van der Waals surface area contributed by atoms with E-state index in [0.717, 1.165) is 10.5 Å². The second kappa shape index (κ2) is 16.4. The summed E-state index contributed by atoms with van der Waals surface area (Å²) in [5, 5.41) is 8.79. The number of halogens is 3. The number of nitrogens with one attached hydrogen (secondary N) is 3. The van der Waals surface area contributed by atoms with E-state index in [2.05, 4.69) is 16.0 Å². The van der Waals surface area contributed by atoms with E-state index < -0.39 is 17.1 Å². The molecule has 0 saturated heterocycles. The lowest BCUT2D eigenvalue weighted by atomic mass is 10.1. The molecule has 1 atom stereocenters. The highest BCUT2D eigenvalue weighted by molar-refractivity contribution is 8.00. The van der Waals surface area contributed by atoms with Gasteiger partial charge in [-0.15, -0.1) is 11.8 Å². The van der Waals surface area contributed by atoms with Crippen LogP contribution in [0.1, 0.15) is 26.7 Å². The predicted molar refractivity (Wildman–Crippen MR) is 195 cm³/mol. The molecular weight excluding hydrogens is 689 g/mol. The first-order valence-corrected chi connectivity index (χ1v) is 16.5. The molecule has 0 aliphatic rings. The van der Waals surface area contributed by atoms with Gasteiger partial charge in [-0.3, -0.25) is 14.4 Å². The highest BCUT2D eigenvalue weighted by atomic mass is 35.5. The van der Waals surface area contributed by atoms with Crippen LogP contribution in [0.2, 0.25) is 15.1 Å². The van der Waals surface area contributed by atoms with Crippen LogP contribution in [0.5, 0.6) is 5.75 Å². The van der Waals surface area contributed by atoms with Gasteiger partial charge in [0.2, 0.25) is 5.91 Å². The molecule has 7 nitrogen and oxygen atoms in total. The molecule has 5 aromatic carbocycles. The first-order chi connectivity index (χ1) is 23.2. The monoisotopic (exact) mass is 715 g/mol. The Balaban J connectivity index is 1.34. The summed E-state index contributed by atoms with van der Waals surface area (Å²) < 4.78 is 5.21. The van der Waals surface area contributed by atoms with Crippen molar-refractivity contribution < 1.29 is 19.1 Å². The Morgan fingerprint density at radius 1 is 0.729 bits per heavy atom. The zero-order valence-corrected chi connectivity index (χ0v) is 28.5. The topological polar surface area (TPSA) is 96.5 Å². The Morgan fingerprint density at radius 2 is 1.40 bits per heavy atom. The minimum absolute atomic E-state index is 0.0362. The second-order valence-electron chi connectivity index (χ2n) is 10.2. The lowest BCUT2D eigenvalue weighted by molar-refractivity contribution is -0.116. The van der Waals surface area contributed by atoms with E-state index in [-0.39, 0.29) is 16.6 Å². The van der Waals surface area contributed by atoms with E-state index in [1.54, 1.807) is 91.0 Å². The van der Waals surface area contributed by atoms with Gasteiger partial charge in [0.25, 0.3) is 11.8 Å². The van der Waals surface area contributed by atoms with Crippen molar-refractivity contribution in [3.63, 3.8) is 0 Å². The lowest BCUT2D eigenvalue weighted by Crippen LogP contribution is -2.30. The summed E-state index contributed by atoms with van der Waals surface area (Å²) >= 11 is 20.2. The van der Waals surface area contributed by atoms with Crippen LogP contribution in [0.3, 0.4) is 0 Å². The van der Waals surface area contributed by atoms with Crippen molar-refractivity contribution in [2.24, 2.45) is 0 Å². The molecule has 0 fully saturated rings. The molecule has 0 radical (unpaired) electrons. The van der Waals surface area contributed by atoms with Crippen molar-refractivity contribution >= 4 is 81.7 Å². The average Bonchev–Trinajstić information content (AvgIpc) is 3.10. The van der Waals surface area contributed by atoms with E-state index in [9.17, 15) is 14.4 Å². The molecule has 3 amide bonds. The molecule has 0 heterocycles. The number of benzene rings is 5. The second-order valence-corrected chi connectivity index (χ2v) is 12.6. The van der Waals surface area contributed by atoms with Crippen LogP contribution in [-0.2, 0) is 9.59 Å². The van der Waals surface area contributed by atoms with Gasteiger partial charge in [0.15, 0.2) is 0 Å². The molecule has 0 spiro atoms. The van der Waals surface area contributed by atoms with Crippen molar-refractivity contribution in [3.8, 4) is 5.75 Å². The maximum atomic E-state index is 13.5. The fourth-order valence-corrected chi connectivity index (χ4v) is 6.18. The van der Waals surface area contributed by atoms with E-state index in [0.29, 0.717) is 38.3 Å². The quantitative estimate of drug-likeness (QED) is 0.0935. The molecule has 1 unspecified atom stereocenters. The molecular formula is C37H28Cl3N3O4S. The normalized spacial score (nSPS) is 11.7. The lowest BCUT2D eigenvalue weighted by Gasteiger charge is -2.18. The van der Waals surface area contributed by atoms with Crippen LogP contribution in [0, 0.1) is 0 Å². The standard InChI is InChI=1S/C37H28Cl3N3O4S/c1-47-32-20-17-27(22-30(32)39)42-37(46)34(23-9-4-2-5-10-23)48-28-18-15-26(16-19-28)41-36(45)31(21-25-13-8-14-29(38)33(25)40)43-35(44)24-11-6-3-7-12-24/h2-22,34H,1H3,(H,41,45)(H,42,46)(H,43,44)/b31-21-. The SMILES string of the molecule is COc1ccc(NC(=O)C(Sc2ccc(NC(=O)/C(=C/c3cccc(Cl)c3Cl)NC(=O)c3ccccc3)cc2)c2ccccc2)cc1Cl. The minimum atomic E-state index is -0.599. The number of carbonyl (C=O) groups is 3. The zero-order valence-electron chi connectivity index (χ0n) is 25.4. The van der Waals surface area contributed by atoms with Gasteiger partial charge in [-0.25, -0.2) is 0 Å². The largest absolute Gasteiger partial charge is 0.495 e. The Morgan fingerprint density at radius 3 is 2.06 bits per heavy atom. The van der Waals surface area contributed by atoms with Crippen molar-refractivity contribution in [1.82, 2.24) is 5.32 Å². The van der Waals surface area contributed by atoms with Crippen LogP contribution < -0.4 is 20.7 Å². The van der Waals surface area contributed by atoms with Crippen molar-refractivity contribution in [2.45, 2.75) is 10.1 Å². The van der Waals surface area contributed by atoms with Gasteiger partial charge in [-0.1, -0.05) is 95.5 Å². The van der Waals surface area contributed by atoms with Crippen molar-refractivity contribution in [2.75, 3.05) is 17.7 Å². The molecule has 0 aromatic heterocycles. The first-order valence-electron chi connectivity index (χ1n) is 14.5. The number of methoxy groups -OCH3 is 1. The number of ether oxygens (including phenoxy) is 1. The smallest absolute Gasteiger partial charge is 0.272 e. The number of rotatable bonds is 11. The fourth-order valence-electron chi connectivity index (χ4n) is 4.53. The third-order valence-corrected chi connectivity index (χ3v) is 9.33. The van der Waals surface area contributed by atoms with Crippen LogP contribution in [-0.4, -0.2) is 24.8 Å². The Labute approximate surface area is 297 Å². The van der Waals surface area contributed by atoms with E-state index >= 15 is 0 Å². The van der Waals surface area contributed by atoms with Crippen LogP contribution in [0.15, 0.2) is 132 Å². The maximum absolute atomic E-state index is 13.5. The number of hydrogen-bond donors (Lipinski definition) is 3. The Hall–Kier alpha value is -4.73. The summed E-state index contributed by atoms with van der Waals surface area (Å²) in [5.41, 5.74) is 2.60. The highest BCUT2D eigenvalue weighted by Crippen LogP contribution is 2.37. The van der Waals surface area contributed by atoms with E-state index in [1.807, 2.05) is 30.3 Å². The number of carbonyl (C=O) groups excluding carboxylic acids is 3. The van der Waals surface area contributed by atoms with Gasteiger partial charge in [0.05, 0.1) is 22.2 Å². The zero-order chi connectivity index (χ0) is 34.0. The molecule has 5 rings (SSSR count). The first kappa shape index (κ1) is 34.6. The molecule has 0 bridgehead atoms. The van der Waals surface area contributed by atoms with Gasteiger partial charge in [0.1, 0.15) is 16.7 Å². The van der Waals surface area contributed by atoms with Crippen LogP contribution in [0.4, 0.5) is 11.4 Å². The highest BCUT2D eigenvalue weighted by Gasteiger charge is 2.23. The summed E-state index contributed by atoms with van der Waals surface area (Å²) in [6.07, 6.45) is 1.47. The molecule has 5 aromatic rings. The molecule has 0 aliphatic heterocycles. The molecule has 242 valence electrons. The predicted octanol–water partition coefficient (Wildman–Crippen LogP) is 9.54. The molecule has 0 saturated carbocycles. The van der Waals surface area contributed by atoms with Gasteiger partial charge >= 0.3 is 0 Å². The van der Waals surface area contributed by atoms with Crippen LogP contribution in [0.25, 0.3) is 6.08 Å². The van der Waals surface area contributed by atoms with Gasteiger partial charge < -0.3 is 20.7 Å². The van der Waals surface area contributed by atoms with Gasteiger partial charge in [-0.2, -0.15) is 0 Å². The van der Waals surface area contributed by atoms with Crippen LogP contribution >= 0.6 is 46.6 Å². The maximum Gasteiger partial charge on any atom is 0.272 e. The third kappa shape index (κ3) is 8.99. The molecule has 3 N–H and O–H groups in total. The Bertz CT molecular complexity index is 1960. The number of thioether (sulfide) groups is 1. The van der Waals surface area contributed by atoms with E-state index in [1.165, 1.54) is 24.9 Å². The molecule has 11 heteroatoms.